The molecule has 3 N–H and O–H groups in total. The van der Waals surface area contributed by atoms with Gasteiger partial charge in [0, 0.05) is 19.3 Å². The molecule has 1 aromatic carbocycles. The van der Waals surface area contributed by atoms with Crippen molar-refractivity contribution in [2.45, 2.75) is 31.0 Å². The molecule has 0 radical (unpaired) electrons. The molecule has 10 heteroatoms. The number of alkyl halides is 3. The van der Waals surface area contributed by atoms with Gasteiger partial charge in [-0.1, -0.05) is 12.1 Å². The van der Waals surface area contributed by atoms with Gasteiger partial charge < -0.3 is 25.4 Å². The normalized spacial score (nSPS) is 21.0. The van der Waals surface area contributed by atoms with Crippen LogP contribution in [0.5, 0.6) is 5.75 Å². The molecular formula is C19H19F3N4O3. The molecule has 4 rings (SSSR count). The summed E-state index contributed by atoms with van der Waals surface area (Å²) >= 11 is 0. The maximum absolute atomic E-state index is 12.5. The summed E-state index contributed by atoms with van der Waals surface area (Å²) < 4.78 is 41.4. The highest BCUT2D eigenvalue weighted by Gasteiger charge is 2.47. The van der Waals surface area contributed by atoms with Gasteiger partial charge in [-0.05, 0) is 48.2 Å². The fraction of sp³-hybridized carbons (Fsp3) is 0.368. The number of halogens is 3. The molecule has 2 saturated heterocycles. The number of aromatic nitrogens is 1. The number of piperidine rings is 1. The predicted octanol–water partition coefficient (Wildman–Crippen LogP) is 2.62. The quantitative estimate of drug-likeness (QED) is 0.727. The van der Waals surface area contributed by atoms with Crippen LogP contribution >= 0.6 is 0 Å². The van der Waals surface area contributed by atoms with Gasteiger partial charge in [-0.2, -0.15) is 0 Å². The molecule has 2 amide bonds. The highest BCUT2D eigenvalue weighted by atomic mass is 19.4. The summed E-state index contributed by atoms with van der Waals surface area (Å²) in [6, 6.07) is 8.90. The van der Waals surface area contributed by atoms with Gasteiger partial charge in [0.1, 0.15) is 11.6 Å². The number of carbonyl (C=O) groups excluding carboxylic acids is 1. The Labute approximate surface area is 164 Å². The number of carbonyl (C=O) groups is 1. The van der Waals surface area contributed by atoms with E-state index in [-0.39, 0.29) is 11.8 Å². The lowest BCUT2D eigenvalue weighted by atomic mass is 9.87. The number of ether oxygens (including phenoxy) is 1. The second-order valence-electron chi connectivity index (χ2n) is 7.12. The van der Waals surface area contributed by atoms with Gasteiger partial charge in [0.15, 0.2) is 6.23 Å². The maximum atomic E-state index is 12.5. The molecule has 0 saturated carbocycles. The first-order chi connectivity index (χ1) is 13.7. The number of nitrogens with one attached hydrogen (secondary N) is 2. The van der Waals surface area contributed by atoms with Crippen molar-refractivity contribution < 1.29 is 27.8 Å². The molecule has 2 aliphatic rings. The molecule has 0 aliphatic carbocycles. The number of hydrogen-bond acceptors (Lipinski definition) is 5. The number of anilines is 1. The fourth-order valence-electron chi connectivity index (χ4n) is 3.77. The van der Waals surface area contributed by atoms with Crippen molar-refractivity contribution in [1.82, 2.24) is 15.6 Å². The fourth-order valence-corrected chi connectivity index (χ4v) is 3.77. The molecule has 154 valence electrons. The standard InChI is InChI=1S/C19H19F3N4O3/c20-19(21,22)29-14-3-1-2-12(10-14)13-4-7-23-15(11-13)26-8-5-18(6-9-26)16(27)24-17(28)25-18/h1-4,7,10-11,16,27H,5-6,8-9H2,(H2,24,25,28). The zero-order chi connectivity index (χ0) is 20.6. The van der Waals surface area contributed by atoms with Gasteiger partial charge in [-0.25, -0.2) is 9.78 Å². The van der Waals surface area contributed by atoms with Gasteiger partial charge in [-0.3, -0.25) is 0 Å². The molecule has 2 fully saturated rings. The van der Waals surface area contributed by atoms with Gasteiger partial charge in [0.05, 0.1) is 5.54 Å². The van der Waals surface area contributed by atoms with Crippen LogP contribution in [0.15, 0.2) is 42.6 Å². The summed E-state index contributed by atoms with van der Waals surface area (Å²) in [6.45, 7) is 1.12. The average Bonchev–Trinajstić information content (AvgIpc) is 2.94. The molecule has 0 bridgehead atoms. The lowest BCUT2D eigenvalue weighted by Gasteiger charge is -2.40. The summed E-state index contributed by atoms with van der Waals surface area (Å²) in [5.74, 6) is 0.387. The first-order valence-corrected chi connectivity index (χ1v) is 9.08. The minimum absolute atomic E-state index is 0.285. The Morgan fingerprint density at radius 3 is 2.55 bits per heavy atom. The maximum Gasteiger partial charge on any atom is 0.573 e. The molecule has 29 heavy (non-hydrogen) atoms. The monoisotopic (exact) mass is 408 g/mol. The van der Waals surface area contributed by atoms with Crippen LogP contribution in [0.2, 0.25) is 0 Å². The average molecular weight is 408 g/mol. The lowest BCUT2D eigenvalue weighted by Crippen LogP contribution is -2.56. The Hall–Kier alpha value is -3.01. The highest BCUT2D eigenvalue weighted by Crippen LogP contribution is 2.32. The van der Waals surface area contributed by atoms with E-state index in [0.717, 1.165) is 0 Å². The van der Waals surface area contributed by atoms with Crippen molar-refractivity contribution in [2.75, 3.05) is 18.0 Å². The van der Waals surface area contributed by atoms with E-state index in [0.29, 0.717) is 42.9 Å². The van der Waals surface area contributed by atoms with Gasteiger partial charge in [-0.15, -0.1) is 13.2 Å². The van der Waals surface area contributed by atoms with E-state index in [2.05, 4.69) is 20.4 Å². The number of pyridine rings is 1. The summed E-state index contributed by atoms with van der Waals surface area (Å²) in [4.78, 5) is 17.9. The largest absolute Gasteiger partial charge is 0.573 e. The smallest absolute Gasteiger partial charge is 0.406 e. The molecule has 3 heterocycles. The molecule has 1 spiro atoms. The van der Waals surface area contributed by atoms with Crippen LogP contribution in [0.3, 0.4) is 0 Å². The number of urea groups is 1. The lowest BCUT2D eigenvalue weighted by molar-refractivity contribution is -0.274. The Morgan fingerprint density at radius 2 is 1.90 bits per heavy atom. The van der Waals surface area contributed by atoms with Crippen LogP contribution < -0.4 is 20.3 Å². The van der Waals surface area contributed by atoms with Crippen molar-refractivity contribution in [1.29, 1.82) is 0 Å². The molecule has 2 aliphatic heterocycles. The van der Waals surface area contributed by atoms with Gasteiger partial charge in [0.25, 0.3) is 0 Å². The number of hydrogen-bond donors (Lipinski definition) is 3. The second-order valence-corrected chi connectivity index (χ2v) is 7.12. The molecular weight excluding hydrogens is 389 g/mol. The van der Waals surface area contributed by atoms with Crippen LogP contribution in [0.25, 0.3) is 11.1 Å². The Morgan fingerprint density at radius 1 is 1.17 bits per heavy atom. The van der Waals surface area contributed by atoms with E-state index < -0.39 is 18.1 Å². The third kappa shape index (κ3) is 4.07. The van der Waals surface area contributed by atoms with E-state index in [1.54, 1.807) is 24.4 Å². The van der Waals surface area contributed by atoms with Crippen LogP contribution in [0, 0.1) is 0 Å². The van der Waals surface area contributed by atoms with Crippen molar-refractivity contribution in [3.8, 4) is 16.9 Å². The van der Waals surface area contributed by atoms with Crippen molar-refractivity contribution in [3.05, 3.63) is 42.6 Å². The van der Waals surface area contributed by atoms with E-state index in [9.17, 15) is 23.1 Å². The summed E-state index contributed by atoms with van der Waals surface area (Å²) in [5, 5.41) is 15.4. The summed E-state index contributed by atoms with van der Waals surface area (Å²) in [7, 11) is 0. The number of amides is 2. The number of rotatable bonds is 3. The van der Waals surface area contributed by atoms with Crippen LogP contribution in [0.4, 0.5) is 23.8 Å². The molecule has 1 atom stereocenters. The summed E-state index contributed by atoms with van der Waals surface area (Å²) in [6.07, 6.45) is -3.02. The highest BCUT2D eigenvalue weighted by molar-refractivity contribution is 5.78. The van der Waals surface area contributed by atoms with Crippen LogP contribution in [0.1, 0.15) is 12.8 Å². The zero-order valence-corrected chi connectivity index (χ0v) is 15.2. The van der Waals surface area contributed by atoms with Gasteiger partial charge in [0.2, 0.25) is 0 Å². The van der Waals surface area contributed by atoms with E-state index in [1.807, 2.05) is 4.90 Å². The molecule has 1 aromatic heterocycles. The Kier molecular flexibility index (Phi) is 4.73. The van der Waals surface area contributed by atoms with E-state index in [4.69, 9.17) is 0 Å². The van der Waals surface area contributed by atoms with E-state index >= 15 is 0 Å². The number of benzene rings is 1. The molecule has 7 nitrogen and oxygen atoms in total. The van der Waals surface area contributed by atoms with Crippen molar-refractivity contribution >= 4 is 11.8 Å². The summed E-state index contributed by atoms with van der Waals surface area (Å²) in [5.41, 5.74) is 0.597. The SMILES string of the molecule is O=C1NC(O)C2(CCN(c3cc(-c4cccc(OC(F)(F)F)c4)ccn3)CC2)N1. The first kappa shape index (κ1) is 19.3. The first-order valence-electron chi connectivity index (χ1n) is 9.08. The van der Waals surface area contributed by atoms with Crippen molar-refractivity contribution in [2.24, 2.45) is 0 Å². The third-order valence-electron chi connectivity index (χ3n) is 5.28. The topological polar surface area (TPSA) is 86.7 Å². The van der Waals surface area contributed by atoms with Crippen LogP contribution in [-0.4, -0.2) is 47.3 Å². The molecule has 2 aromatic rings. The predicted molar refractivity (Wildman–Crippen MR) is 98.2 cm³/mol. The Balaban J connectivity index is 1.50. The van der Waals surface area contributed by atoms with E-state index in [1.165, 1.54) is 18.2 Å². The third-order valence-corrected chi connectivity index (χ3v) is 5.28. The number of nitrogens with zero attached hydrogens (tertiary/aromatic N) is 2. The second kappa shape index (κ2) is 7.11. The van der Waals surface area contributed by atoms with Crippen molar-refractivity contribution in [3.63, 3.8) is 0 Å². The molecule has 1 unspecified atom stereocenters. The number of aliphatic hydroxyl groups is 1. The minimum Gasteiger partial charge on any atom is -0.406 e. The number of aliphatic hydroxyl groups excluding tert-OH is 1. The minimum atomic E-state index is -4.75. The van der Waals surface area contributed by atoms with Gasteiger partial charge >= 0.3 is 12.4 Å². The van der Waals surface area contributed by atoms with Crippen LogP contribution in [-0.2, 0) is 0 Å². The Bertz CT molecular complexity index is 914. The zero-order valence-electron chi connectivity index (χ0n) is 15.2.